The van der Waals surface area contributed by atoms with Crippen LogP contribution in [0, 0.1) is 0 Å². The molecule has 0 amide bonds. The van der Waals surface area contributed by atoms with Gasteiger partial charge >= 0.3 is 0 Å². The fourth-order valence-electron chi connectivity index (χ4n) is 3.39. The van der Waals surface area contributed by atoms with Crippen molar-refractivity contribution >= 4 is 11.4 Å². The maximum Gasteiger partial charge on any atom is 0.121 e. The summed E-state index contributed by atoms with van der Waals surface area (Å²) in [6.07, 6.45) is 12.0. The smallest absolute Gasteiger partial charge is 0.121 e. The Kier molecular flexibility index (Phi) is 4.71. The zero-order valence-electron chi connectivity index (χ0n) is 16.0. The Morgan fingerprint density at radius 1 is 1.30 bits per heavy atom. The molecular formula is C21H25N5O. The van der Waals surface area contributed by atoms with Crippen molar-refractivity contribution in [2.45, 2.75) is 39.3 Å². The summed E-state index contributed by atoms with van der Waals surface area (Å²) < 4.78 is 10.1. The first kappa shape index (κ1) is 17.4. The highest BCUT2D eigenvalue weighted by Crippen LogP contribution is 2.33. The molecule has 1 aromatic carbocycles. The molecule has 0 fully saturated rings. The Bertz CT molecular complexity index is 967. The van der Waals surface area contributed by atoms with Crippen LogP contribution in [0.25, 0.3) is 5.70 Å². The lowest BCUT2D eigenvalue weighted by atomic mass is 10.0. The number of nitrogens with zero attached hydrogens (tertiary/aromatic N) is 4. The first-order valence-corrected chi connectivity index (χ1v) is 9.34. The molecule has 0 spiro atoms. The van der Waals surface area contributed by atoms with Gasteiger partial charge in [-0.1, -0.05) is 6.08 Å². The van der Waals surface area contributed by atoms with Crippen molar-refractivity contribution in [2.75, 3.05) is 5.32 Å². The number of aromatic nitrogens is 4. The molecule has 3 heterocycles. The number of hydrogen-bond donors (Lipinski definition) is 1. The summed E-state index contributed by atoms with van der Waals surface area (Å²) in [5.74, 6) is 1.97. The van der Waals surface area contributed by atoms with Gasteiger partial charge in [0.15, 0.2) is 0 Å². The van der Waals surface area contributed by atoms with Crippen molar-refractivity contribution in [1.82, 2.24) is 19.1 Å². The van der Waals surface area contributed by atoms with E-state index in [0.717, 1.165) is 47.1 Å². The third-order valence-corrected chi connectivity index (χ3v) is 4.70. The summed E-state index contributed by atoms with van der Waals surface area (Å²) in [5.41, 5.74) is 4.48. The van der Waals surface area contributed by atoms with Crippen molar-refractivity contribution in [3.8, 4) is 5.75 Å². The average Bonchev–Trinajstić information content (AvgIpc) is 3.28. The number of anilines is 1. The predicted octanol–water partition coefficient (Wildman–Crippen LogP) is 3.85. The van der Waals surface area contributed by atoms with Gasteiger partial charge in [-0.05, 0) is 32.4 Å². The van der Waals surface area contributed by atoms with Crippen LogP contribution >= 0.6 is 0 Å². The lowest BCUT2D eigenvalue weighted by Crippen LogP contribution is -2.12. The van der Waals surface area contributed by atoms with Gasteiger partial charge in [-0.3, -0.25) is 0 Å². The third kappa shape index (κ3) is 3.60. The van der Waals surface area contributed by atoms with Crippen molar-refractivity contribution in [3.05, 3.63) is 66.3 Å². The first-order chi connectivity index (χ1) is 13.1. The number of hydrogen-bond acceptors (Lipinski definition) is 4. The molecule has 27 heavy (non-hydrogen) atoms. The maximum atomic E-state index is 5.92. The third-order valence-electron chi connectivity index (χ3n) is 4.70. The molecule has 1 aliphatic heterocycles. The second kappa shape index (κ2) is 7.31. The normalized spacial score (nSPS) is 13.4. The largest absolute Gasteiger partial charge is 0.491 e. The number of ether oxygens (including phenoxy) is 1. The van der Waals surface area contributed by atoms with E-state index in [0.29, 0.717) is 6.54 Å². The van der Waals surface area contributed by atoms with E-state index in [1.807, 2.05) is 56.4 Å². The van der Waals surface area contributed by atoms with Crippen LogP contribution in [0.2, 0.25) is 0 Å². The lowest BCUT2D eigenvalue weighted by Gasteiger charge is -2.21. The molecule has 0 unspecified atom stereocenters. The molecule has 0 saturated carbocycles. The highest BCUT2D eigenvalue weighted by Gasteiger charge is 2.17. The molecule has 1 aliphatic rings. The first-order valence-electron chi connectivity index (χ1n) is 9.34. The number of benzene rings is 1. The topological polar surface area (TPSA) is 56.9 Å². The number of rotatable bonds is 6. The molecule has 1 N–H and O–H groups in total. The molecule has 6 nitrogen and oxygen atoms in total. The van der Waals surface area contributed by atoms with E-state index in [-0.39, 0.29) is 6.10 Å². The van der Waals surface area contributed by atoms with Crippen LogP contribution in [0.3, 0.4) is 0 Å². The quantitative estimate of drug-likeness (QED) is 0.723. The molecule has 0 saturated heterocycles. The summed E-state index contributed by atoms with van der Waals surface area (Å²) in [6, 6.07) is 6.25. The number of nitrogens with one attached hydrogen (secondary N) is 1. The predicted molar refractivity (Wildman–Crippen MR) is 107 cm³/mol. The molecule has 3 aromatic rings. The summed E-state index contributed by atoms with van der Waals surface area (Å²) >= 11 is 0. The number of imidazole rings is 2. The molecule has 6 heteroatoms. The van der Waals surface area contributed by atoms with Gasteiger partial charge in [0.05, 0.1) is 30.4 Å². The maximum absolute atomic E-state index is 5.92. The SMILES string of the molecule is CC(C)Oc1ccc(C2=CCCc3nccn32)c(NCc2cncn2C)c1. The van der Waals surface area contributed by atoms with E-state index in [2.05, 4.69) is 38.1 Å². The number of aryl methyl sites for hydroxylation is 2. The summed E-state index contributed by atoms with van der Waals surface area (Å²) in [5, 5.41) is 3.58. The van der Waals surface area contributed by atoms with Gasteiger partial charge in [-0.2, -0.15) is 0 Å². The van der Waals surface area contributed by atoms with E-state index >= 15 is 0 Å². The molecular weight excluding hydrogens is 338 g/mol. The minimum Gasteiger partial charge on any atom is -0.491 e. The van der Waals surface area contributed by atoms with Gasteiger partial charge in [0, 0.05) is 49.4 Å². The zero-order chi connectivity index (χ0) is 18.8. The molecule has 4 rings (SSSR count). The Labute approximate surface area is 159 Å². The van der Waals surface area contributed by atoms with Crippen molar-refractivity contribution in [2.24, 2.45) is 7.05 Å². The van der Waals surface area contributed by atoms with Gasteiger partial charge in [0.1, 0.15) is 11.6 Å². The number of fused-ring (bicyclic) bond motifs is 1. The minimum atomic E-state index is 0.134. The average molecular weight is 363 g/mol. The van der Waals surface area contributed by atoms with Gasteiger partial charge in [-0.15, -0.1) is 0 Å². The van der Waals surface area contributed by atoms with E-state index in [9.17, 15) is 0 Å². The van der Waals surface area contributed by atoms with E-state index < -0.39 is 0 Å². The van der Waals surface area contributed by atoms with Gasteiger partial charge in [-0.25, -0.2) is 9.97 Å². The standard InChI is InChI=1S/C21H25N5O/c1-15(2)27-17-7-8-18(20-5-4-6-21-23-9-10-26(20)21)19(11-17)24-13-16-12-22-14-25(16)3/h5,7-12,14-15,24H,4,6,13H2,1-3H3. The van der Waals surface area contributed by atoms with E-state index in [1.54, 1.807) is 0 Å². The van der Waals surface area contributed by atoms with E-state index in [1.165, 1.54) is 0 Å². The lowest BCUT2D eigenvalue weighted by molar-refractivity contribution is 0.242. The van der Waals surface area contributed by atoms with Crippen LogP contribution in [0.4, 0.5) is 5.69 Å². The van der Waals surface area contributed by atoms with Crippen LogP contribution in [0.1, 0.15) is 37.4 Å². The van der Waals surface area contributed by atoms with Gasteiger partial charge in [0.25, 0.3) is 0 Å². The number of allylic oxidation sites excluding steroid dienone is 1. The second-order valence-corrected chi connectivity index (χ2v) is 7.06. The van der Waals surface area contributed by atoms with Gasteiger partial charge in [0.2, 0.25) is 0 Å². The Morgan fingerprint density at radius 3 is 2.96 bits per heavy atom. The Hall–Kier alpha value is -3.02. The molecule has 2 aromatic heterocycles. The van der Waals surface area contributed by atoms with Gasteiger partial charge < -0.3 is 19.2 Å². The monoisotopic (exact) mass is 363 g/mol. The van der Waals surface area contributed by atoms with Crippen molar-refractivity contribution < 1.29 is 4.74 Å². The van der Waals surface area contributed by atoms with Crippen molar-refractivity contribution in [3.63, 3.8) is 0 Å². The fourth-order valence-corrected chi connectivity index (χ4v) is 3.39. The van der Waals surface area contributed by atoms with Crippen LogP contribution in [0.5, 0.6) is 5.75 Å². The van der Waals surface area contributed by atoms with Crippen LogP contribution in [0.15, 0.2) is 49.2 Å². The Balaban J connectivity index is 1.70. The fraction of sp³-hybridized carbons (Fsp3) is 0.333. The highest BCUT2D eigenvalue weighted by atomic mass is 16.5. The Morgan fingerprint density at radius 2 is 2.19 bits per heavy atom. The second-order valence-electron chi connectivity index (χ2n) is 7.06. The summed E-state index contributed by atoms with van der Waals surface area (Å²) in [7, 11) is 2.00. The molecule has 140 valence electrons. The highest BCUT2D eigenvalue weighted by molar-refractivity contribution is 5.78. The summed E-state index contributed by atoms with van der Waals surface area (Å²) in [6.45, 7) is 4.77. The van der Waals surface area contributed by atoms with Crippen LogP contribution < -0.4 is 10.1 Å². The zero-order valence-corrected chi connectivity index (χ0v) is 16.0. The molecule has 0 radical (unpaired) electrons. The molecule has 0 atom stereocenters. The molecule has 0 bridgehead atoms. The van der Waals surface area contributed by atoms with E-state index in [4.69, 9.17) is 4.74 Å². The summed E-state index contributed by atoms with van der Waals surface area (Å²) in [4.78, 5) is 8.68. The van der Waals surface area contributed by atoms with Crippen molar-refractivity contribution in [1.29, 1.82) is 0 Å². The van der Waals surface area contributed by atoms with Crippen LogP contribution in [-0.4, -0.2) is 25.2 Å². The minimum absolute atomic E-state index is 0.134. The van der Waals surface area contributed by atoms with Crippen LogP contribution in [-0.2, 0) is 20.0 Å². The molecule has 0 aliphatic carbocycles.